The van der Waals surface area contributed by atoms with Gasteiger partial charge in [-0.1, -0.05) is 12.1 Å². The summed E-state index contributed by atoms with van der Waals surface area (Å²) in [5.74, 6) is 0.0303. The van der Waals surface area contributed by atoms with E-state index in [0.717, 1.165) is 19.4 Å². The molecule has 25 heavy (non-hydrogen) atoms. The molecular formula is C17H27FN4O2S. The molecule has 0 aliphatic rings. The maximum atomic E-state index is 13.5. The van der Waals surface area contributed by atoms with Crippen LogP contribution in [0.1, 0.15) is 18.4 Å². The monoisotopic (exact) mass is 370 g/mol. The number of rotatable bonds is 9. The van der Waals surface area contributed by atoms with Gasteiger partial charge < -0.3 is 10.2 Å². The maximum Gasteiger partial charge on any atom is 0.234 e. The number of aryl methyl sites for hydroxylation is 1. The van der Waals surface area contributed by atoms with Gasteiger partial charge in [-0.25, -0.2) is 12.8 Å². The van der Waals surface area contributed by atoms with Gasteiger partial charge in [0.15, 0.2) is 5.96 Å². The number of hydrogen-bond acceptors (Lipinski definition) is 3. The van der Waals surface area contributed by atoms with Crippen molar-refractivity contribution in [2.45, 2.75) is 19.8 Å². The van der Waals surface area contributed by atoms with E-state index in [4.69, 9.17) is 0 Å². The lowest BCUT2D eigenvalue weighted by molar-refractivity contribution is 0.471. The van der Waals surface area contributed by atoms with Crippen molar-refractivity contribution in [3.63, 3.8) is 0 Å². The summed E-state index contributed by atoms with van der Waals surface area (Å²) in [4.78, 5) is 6.06. The highest BCUT2D eigenvalue weighted by molar-refractivity contribution is 7.92. The second-order valence-electron chi connectivity index (χ2n) is 5.71. The van der Waals surface area contributed by atoms with E-state index in [1.54, 1.807) is 14.0 Å². The summed E-state index contributed by atoms with van der Waals surface area (Å²) in [7, 11) is -0.0446. The maximum absolute atomic E-state index is 13.5. The van der Waals surface area contributed by atoms with Crippen molar-refractivity contribution in [3.8, 4) is 0 Å². The molecule has 1 aromatic rings. The standard InChI is InChI=1S/C17H27FN4O2S/c1-5-6-7-11-22(4)17(19-3)20-10-12-25(23,24)21-15-9-8-14(2)16(18)13-15/h5,8-9,13,21H,1,6-7,10-12H2,2-4H3,(H,19,20). The minimum atomic E-state index is -3.58. The Morgan fingerprint density at radius 1 is 1.44 bits per heavy atom. The van der Waals surface area contributed by atoms with Crippen LogP contribution in [0.2, 0.25) is 0 Å². The summed E-state index contributed by atoms with van der Waals surface area (Å²) in [6.45, 7) is 6.29. The van der Waals surface area contributed by atoms with Crippen LogP contribution in [0.3, 0.4) is 0 Å². The Bertz CT molecular complexity index is 705. The number of benzene rings is 1. The van der Waals surface area contributed by atoms with Gasteiger partial charge in [-0.15, -0.1) is 6.58 Å². The molecule has 140 valence electrons. The van der Waals surface area contributed by atoms with Crippen molar-refractivity contribution in [2.24, 2.45) is 4.99 Å². The summed E-state index contributed by atoms with van der Waals surface area (Å²) in [6.07, 6.45) is 3.71. The Hall–Kier alpha value is -2.09. The van der Waals surface area contributed by atoms with Crippen LogP contribution < -0.4 is 10.0 Å². The van der Waals surface area contributed by atoms with Crippen molar-refractivity contribution >= 4 is 21.7 Å². The number of halogens is 1. The van der Waals surface area contributed by atoms with E-state index in [1.165, 1.54) is 18.2 Å². The molecule has 0 fully saturated rings. The van der Waals surface area contributed by atoms with Crippen molar-refractivity contribution in [1.82, 2.24) is 10.2 Å². The Balaban J connectivity index is 2.51. The number of unbranched alkanes of at least 4 members (excludes halogenated alkanes) is 1. The molecule has 1 aromatic carbocycles. The van der Waals surface area contributed by atoms with E-state index in [-0.39, 0.29) is 18.0 Å². The van der Waals surface area contributed by atoms with E-state index in [2.05, 4.69) is 21.6 Å². The Morgan fingerprint density at radius 2 is 2.16 bits per heavy atom. The highest BCUT2D eigenvalue weighted by Gasteiger charge is 2.12. The zero-order valence-electron chi connectivity index (χ0n) is 15.0. The van der Waals surface area contributed by atoms with Crippen LogP contribution in [-0.4, -0.2) is 52.2 Å². The minimum absolute atomic E-state index is 0.151. The van der Waals surface area contributed by atoms with Gasteiger partial charge in [-0.3, -0.25) is 9.71 Å². The number of nitrogens with zero attached hydrogens (tertiary/aromatic N) is 2. The summed E-state index contributed by atoms with van der Waals surface area (Å²) in [5, 5.41) is 3.02. The predicted octanol–water partition coefficient (Wildman–Crippen LogP) is 2.35. The SMILES string of the molecule is C=CCCCN(C)C(=NC)NCCS(=O)(=O)Nc1ccc(C)c(F)c1. The van der Waals surface area contributed by atoms with Crippen LogP contribution in [0, 0.1) is 12.7 Å². The van der Waals surface area contributed by atoms with Crippen molar-refractivity contribution in [2.75, 3.05) is 37.7 Å². The molecule has 0 radical (unpaired) electrons. The van der Waals surface area contributed by atoms with Crippen molar-refractivity contribution in [1.29, 1.82) is 0 Å². The van der Waals surface area contributed by atoms with Gasteiger partial charge in [0.2, 0.25) is 10.0 Å². The van der Waals surface area contributed by atoms with Gasteiger partial charge in [0.1, 0.15) is 5.82 Å². The molecular weight excluding hydrogens is 343 g/mol. The highest BCUT2D eigenvalue weighted by Crippen LogP contribution is 2.14. The van der Waals surface area contributed by atoms with E-state index >= 15 is 0 Å². The number of hydrogen-bond donors (Lipinski definition) is 2. The van der Waals surface area contributed by atoms with Crippen molar-refractivity contribution < 1.29 is 12.8 Å². The zero-order valence-corrected chi connectivity index (χ0v) is 15.9. The molecule has 0 unspecified atom stereocenters. The van der Waals surface area contributed by atoms with E-state index in [0.29, 0.717) is 11.5 Å². The first kappa shape index (κ1) is 21.0. The molecule has 0 bridgehead atoms. The molecule has 8 heteroatoms. The highest BCUT2D eigenvalue weighted by atomic mass is 32.2. The molecule has 0 heterocycles. The third-order valence-electron chi connectivity index (χ3n) is 3.57. The molecule has 0 spiro atoms. The third kappa shape index (κ3) is 7.55. The van der Waals surface area contributed by atoms with E-state index < -0.39 is 15.8 Å². The van der Waals surface area contributed by atoms with E-state index in [9.17, 15) is 12.8 Å². The molecule has 0 amide bonds. The van der Waals surface area contributed by atoms with Crippen LogP contribution in [-0.2, 0) is 10.0 Å². The molecule has 1 rings (SSSR count). The zero-order chi connectivity index (χ0) is 18.9. The average Bonchev–Trinajstić information content (AvgIpc) is 2.55. The largest absolute Gasteiger partial charge is 0.355 e. The van der Waals surface area contributed by atoms with E-state index in [1.807, 2.05) is 18.0 Å². The quantitative estimate of drug-likeness (QED) is 0.303. The normalized spacial score (nSPS) is 11.9. The lowest BCUT2D eigenvalue weighted by Gasteiger charge is -2.21. The summed E-state index contributed by atoms with van der Waals surface area (Å²) in [6, 6.07) is 4.24. The fourth-order valence-corrected chi connectivity index (χ4v) is 3.11. The lowest BCUT2D eigenvalue weighted by Crippen LogP contribution is -2.41. The molecule has 6 nitrogen and oxygen atoms in total. The molecule has 0 aliphatic carbocycles. The van der Waals surface area contributed by atoms with Gasteiger partial charge in [0, 0.05) is 27.2 Å². The Morgan fingerprint density at radius 3 is 2.76 bits per heavy atom. The molecule has 0 aromatic heterocycles. The minimum Gasteiger partial charge on any atom is -0.355 e. The molecule has 0 saturated carbocycles. The molecule has 0 aliphatic heterocycles. The molecule has 0 atom stereocenters. The van der Waals surface area contributed by atoms with Crippen LogP contribution in [0.25, 0.3) is 0 Å². The number of aliphatic imine (C=N–C) groups is 1. The van der Waals surface area contributed by atoms with Crippen LogP contribution >= 0.6 is 0 Å². The molecule has 0 saturated heterocycles. The smallest absolute Gasteiger partial charge is 0.234 e. The average molecular weight is 370 g/mol. The summed E-state index contributed by atoms with van der Waals surface area (Å²) in [5.41, 5.74) is 0.682. The topological polar surface area (TPSA) is 73.8 Å². The van der Waals surface area contributed by atoms with Gasteiger partial charge in [-0.05, 0) is 37.5 Å². The summed E-state index contributed by atoms with van der Waals surface area (Å²) < 4.78 is 40.1. The van der Waals surface area contributed by atoms with Gasteiger partial charge >= 0.3 is 0 Å². The Labute approximate surface area is 149 Å². The number of nitrogens with one attached hydrogen (secondary N) is 2. The lowest BCUT2D eigenvalue weighted by atomic mass is 10.2. The fourth-order valence-electron chi connectivity index (χ4n) is 2.15. The fraction of sp³-hybridized carbons (Fsp3) is 0.471. The van der Waals surface area contributed by atoms with Gasteiger partial charge in [0.05, 0.1) is 11.4 Å². The van der Waals surface area contributed by atoms with Gasteiger partial charge in [0.25, 0.3) is 0 Å². The summed E-state index contributed by atoms with van der Waals surface area (Å²) >= 11 is 0. The molecule has 2 N–H and O–H groups in total. The number of anilines is 1. The third-order valence-corrected chi connectivity index (χ3v) is 4.86. The Kier molecular flexibility index (Phi) is 8.40. The number of sulfonamides is 1. The second kappa shape index (κ2) is 10.0. The van der Waals surface area contributed by atoms with Crippen LogP contribution in [0.5, 0.6) is 0 Å². The van der Waals surface area contributed by atoms with Crippen LogP contribution in [0.4, 0.5) is 10.1 Å². The number of allylic oxidation sites excluding steroid dienone is 1. The second-order valence-corrected chi connectivity index (χ2v) is 7.55. The first-order valence-electron chi connectivity index (χ1n) is 8.08. The predicted molar refractivity (Wildman–Crippen MR) is 102 cm³/mol. The number of guanidine groups is 1. The first-order valence-corrected chi connectivity index (χ1v) is 9.73. The first-order chi connectivity index (χ1) is 11.8. The van der Waals surface area contributed by atoms with Gasteiger partial charge in [-0.2, -0.15) is 0 Å². The van der Waals surface area contributed by atoms with Crippen LogP contribution in [0.15, 0.2) is 35.8 Å². The van der Waals surface area contributed by atoms with Crippen molar-refractivity contribution in [3.05, 3.63) is 42.2 Å².